The first-order valence-electron chi connectivity index (χ1n) is 7.51. The molecule has 1 aliphatic rings. The van der Waals surface area contributed by atoms with E-state index in [-0.39, 0.29) is 18.4 Å². The normalized spacial score (nSPS) is 14.7. The first-order chi connectivity index (χ1) is 11.6. The summed E-state index contributed by atoms with van der Waals surface area (Å²) in [4.78, 5) is 26.6. The number of thioether (sulfide) groups is 1. The second kappa shape index (κ2) is 7.07. The fourth-order valence-electron chi connectivity index (χ4n) is 2.59. The van der Waals surface area contributed by atoms with Gasteiger partial charge in [-0.1, -0.05) is 24.3 Å². The average molecular weight is 343 g/mol. The number of nitrogens with zero attached hydrogens (tertiary/aromatic N) is 1. The maximum Gasteiger partial charge on any atom is 0.261 e. The summed E-state index contributed by atoms with van der Waals surface area (Å²) in [6.07, 6.45) is -0.817. The molecule has 1 atom stereocenters. The summed E-state index contributed by atoms with van der Waals surface area (Å²) >= 11 is 1.43. The fraction of sp³-hybridized carbons (Fsp3) is 0.222. The van der Waals surface area contributed by atoms with Crippen molar-refractivity contribution in [2.75, 3.05) is 19.4 Å². The van der Waals surface area contributed by atoms with Gasteiger partial charge in [0.15, 0.2) is 0 Å². The summed E-state index contributed by atoms with van der Waals surface area (Å²) in [5, 5.41) is 10.2. The highest BCUT2D eigenvalue weighted by molar-refractivity contribution is 7.99. The van der Waals surface area contributed by atoms with Crippen LogP contribution in [0.4, 0.5) is 0 Å². The summed E-state index contributed by atoms with van der Waals surface area (Å²) in [5.41, 5.74) is 0.791. The van der Waals surface area contributed by atoms with E-state index >= 15 is 0 Å². The summed E-state index contributed by atoms with van der Waals surface area (Å²) in [6, 6.07) is 14.2. The molecule has 0 aromatic heterocycles. The lowest BCUT2D eigenvalue weighted by Crippen LogP contribution is -2.37. The largest absolute Gasteiger partial charge is 0.496 e. The van der Waals surface area contributed by atoms with Gasteiger partial charge in [-0.05, 0) is 24.3 Å². The van der Waals surface area contributed by atoms with Gasteiger partial charge in [0.05, 0.1) is 30.9 Å². The van der Waals surface area contributed by atoms with Crippen molar-refractivity contribution < 1.29 is 19.4 Å². The van der Waals surface area contributed by atoms with Gasteiger partial charge < -0.3 is 9.84 Å². The van der Waals surface area contributed by atoms with Crippen LogP contribution in [0.15, 0.2) is 53.4 Å². The van der Waals surface area contributed by atoms with Crippen LogP contribution in [0.5, 0.6) is 5.75 Å². The molecule has 24 heavy (non-hydrogen) atoms. The third kappa shape index (κ3) is 3.16. The van der Waals surface area contributed by atoms with Crippen LogP contribution in [0.2, 0.25) is 0 Å². The zero-order valence-corrected chi connectivity index (χ0v) is 14.0. The Morgan fingerprint density at radius 1 is 1.04 bits per heavy atom. The van der Waals surface area contributed by atoms with Gasteiger partial charge in [0.25, 0.3) is 11.8 Å². The van der Waals surface area contributed by atoms with Gasteiger partial charge in [0.2, 0.25) is 0 Å². The second-order valence-corrected chi connectivity index (χ2v) is 6.44. The van der Waals surface area contributed by atoms with Gasteiger partial charge in [-0.2, -0.15) is 0 Å². The molecule has 1 aliphatic heterocycles. The summed E-state index contributed by atoms with van der Waals surface area (Å²) < 4.78 is 5.27. The van der Waals surface area contributed by atoms with Crippen molar-refractivity contribution in [3.05, 3.63) is 59.7 Å². The molecule has 6 heteroatoms. The molecule has 0 spiro atoms. The topological polar surface area (TPSA) is 66.8 Å². The Labute approximate surface area is 144 Å². The number of imide groups is 1. The van der Waals surface area contributed by atoms with Crippen LogP contribution in [0.3, 0.4) is 0 Å². The Balaban J connectivity index is 1.63. The first-order valence-corrected chi connectivity index (χ1v) is 8.49. The second-order valence-electron chi connectivity index (χ2n) is 5.38. The highest BCUT2D eigenvalue weighted by Gasteiger charge is 2.36. The Kier molecular flexibility index (Phi) is 4.87. The minimum atomic E-state index is -0.817. The third-order valence-corrected chi connectivity index (χ3v) is 4.97. The number of aliphatic hydroxyl groups is 1. The van der Waals surface area contributed by atoms with Gasteiger partial charge >= 0.3 is 0 Å². The molecule has 1 N–H and O–H groups in total. The number of amides is 2. The maximum absolute atomic E-state index is 12.3. The molecule has 0 bridgehead atoms. The van der Waals surface area contributed by atoms with Crippen molar-refractivity contribution in [2.24, 2.45) is 0 Å². The Morgan fingerprint density at radius 3 is 2.25 bits per heavy atom. The van der Waals surface area contributed by atoms with Crippen molar-refractivity contribution >= 4 is 23.6 Å². The van der Waals surface area contributed by atoms with E-state index in [1.165, 1.54) is 11.8 Å². The molecule has 0 unspecified atom stereocenters. The third-order valence-electron chi connectivity index (χ3n) is 3.77. The molecular weight excluding hydrogens is 326 g/mol. The van der Waals surface area contributed by atoms with Gasteiger partial charge in [0.1, 0.15) is 5.75 Å². The fourth-order valence-corrected chi connectivity index (χ4v) is 3.54. The lowest BCUT2D eigenvalue weighted by Gasteiger charge is -2.18. The van der Waals surface area contributed by atoms with E-state index in [0.29, 0.717) is 16.9 Å². The standard InChI is InChI=1S/C18H17NO4S/c1-23-15-8-4-5-9-16(15)24-11-12(20)10-19-17(21)13-6-2-3-7-14(13)18(19)22/h2-9,12,20H,10-11H2,1H3/t12-/m1/s1. The predicted octanol–water partition coefficient (Wildman–Crippen LogP) is 2.44. The van der Waals surface area contributed by atoms with E-state index in [4.69, 9.17) is 4.74 Å². The summed E-state index contributed by atoms with van der Waals surface area (Å²) in [7, 11) is 1.59. The number of methoxy groups -OCH3 is 1. The van der Waals surface area contributed by atoms with Crippen LogP contribution in [0.25, 0.3) is 0 Å². The van der Waals surface area contributed by atoms with E-state index in [1.54, 1.807) is 31.4 Å². The molecule has 5 nitrogen and oxygen atoms in total. The number of benzene rings is 2. The van der Waals surface area contributed by atoms with E-state index in [9.17, 15) is 14.7 Å². The van der Waals surface area contributed by atoms with Crippen LogP contribution >= 0.6 is 11.8 Å². The van der Waals surface area contributed by atoms with Crippen LogP contribution in [0, 0.1) is 0 Å². The number of fused-ring (bicyclic) bond motifs is 1. The van der Waals surface area contributed by atoms with Crippen LogP contribution in [-0.2, 0) is 0 Å². The van der Waals surface area contributed by atoms with Crippen molar-refractivity contribution in [1.29, 1.82) is 0 Å². The molecule has 0 saturated carbocycles. The number of hydrogen-bond acceptors (Lipinski definition) is 5. The van der Waals surface area contributed by atoms with E-state index in [2.05, 4.69) is 0 Å². The van der Waals surface area contributed by atoms with Gasteiger partial charge in [0, 0.05) is 10.6 Å². The SMILES string of the molecule is COc1ccccc1SC[C@H](O)CN1C(=O)c2ccccc2C1=O. The van der Waals surface area contributed by atoms with Gasteiger partial charge in [-0.15, -0.1) is 11.8 Å². The molecule has 2 amide bonds. The van der Waals surface area contributed by atoms with Crippen molar-refractivity contribution in [2.45, 2.75) is 11.0 Å². The smallest absolute Gasteiger partial charge is 0.261 e. The summed E-state index contributed by atoms with van der Waals surface area (Å²) in [5.74, 6) is 0.387. The Hall–Kier alpha value is -2.31. The quantitative estimate of drug-likeness (QED) is 0.645. The van der Waals surface area contributed by atoms with Crippen molar-refractivity contribution in [3.8, 4) is 5.75 Å². The number of para-hydroxylation sites is 1. The number of ether oxygens (including phenoxy) is 1. The monoisotopic (exact) mass is 343 g/mol. The zero-order chi connectivity index (χ0) is 17.1. The number of aliphatic hydroxyl groups excluding tert-OH is 1. The lowest BCUT2D eigenvalue weighted by molar-refractivity contribution is 0.0567. The highest BCUT2D eigenvalue weighted by atomic mass is 32.2. The zero-order valence-electron chi connectivity index (χ0n) is 13.1. The summed E-state index contributed by atoms with van der Waals surface area (Å²) in [6.45, 7) is -0.0193. The lowest BCUT2D eigenvalue weighted by atomic mass is 10.1. The molecule has 0 aliphatic carbocycles. The number of carbonyl (C=O) groups excluding carboxylic acids is 2. The average Bonchev–Trinajstić information content (AvgIpc) is 2.85. The molecule has 0 saturated heterocycles. The number of β-amino-alcohol motifs (C(OH)–C–C–N with tert-alkyl or cyclic N) is 1. The van der Waals surface area contributed by atoms with E-state index in [0.717, 1.165) is 15.5 Å². The first kappa shape index (κ1) is 16.5. The Morgan fingerprint density at radius 2 is 1.62 bits per heavy atom. The molecule has 2 aromatic carbocycles. The Bertz CT molecular complexity index is 742. The minimum Gasteiger partial charge on any atom is -0.496 e. The van der Waals surface area contributed by atoms with Crippen molar-refractivity contribution in [3.63, 3.8) is 0 Å². The van der Waals surface area contributed by atoms with E-state index < -0.39 is 6.10 Å². The number of rotatable bonds is 6. The van der Waals surface area contributed by atoms with Gasteiger partial charge in [-0.25, -0.2) is 0 Å². The number of hydrogen-bond donors (Lipinski definition) is 1. The highest BCUT2D eigenvalue weighted by Crippen LogP contribution is 2.29. The van der Waals surface area contributed by atoms with Crippen LogP contribution in [-0.4, -0.2) is 47.3 Å². The molecule has 3 rings (SSSR count). The van der Waals surface area contributed by atoms with Crippen LogP contribution in [0.1, 0.15) is 20.7 Å². The van der Waals surface area contributed by atoms with Crippen molar-refractivity contribution in [1.82, 2.24) is 4.90 Å². The predicted molar refractivity (Wildman–Crippen MR) is 91.5 cm³/mol. The molecular formula is C18H17NO4S. The molecule has 1 heterocycles. The minimum absolute atomic E-state index is 0.0193. The molecule has 0 fully saturated rings. The number of carbonyl (C=O) groups is 2. The van der Waals surface area contributed by atoms with Gasteiger partial charge in [-0.3, -0.25) is 14.5 Å². The molecule has 124 valence electrons. The maximum atomic E-state index is 12.3. The molecule has 2 aromatic rings. The van der Waals surface area contributed by atoms with Crippen LogP contribution < -0.4 is 4.74 Å². The van der Waals surface area contributed by atoms with E-state index in [1.807, 2.05) is 24.3 Å². The molecule has 0 radical (unpaired) electrons.